The second-order valence-electron chi connectivity index (χ2n) is 5.40. The average Bonchev–Trinajstić information content (AvgIpc) is 2.77. The molecule has 0 bridgehead atoms. The Hall–Kier alpha value is -1.32. The van der Waals surface area contributed by atoms with Crippen molar-refractivity contribution in [2.45, 2.75) is 26.9 Å². The summed E-state index contributed by atoms with van der Waals surface area (Å²) in [7, 11) is 1.97. The summed E-state index contributed by atoms with van der Waals surface area (Å²) in [5.41, 5.74) is 2.61. The minimum atomic E-state index is 0.602. The van der Waals surface area contributed by atoms with Gasteiger partial charge in [-0.1, -0.05) is 19.9 Å². The van der Waals surface area contributed by atoms with Gasteiger partial charge >= 0.3 is 0 Å². The van der Waals surface area contributed by atoms with Gasteiger partial charge in [0.2, 0.25) is 0 Å². The van der Waals surface area contributed by atoms with Crippen LogP contribution in [0, 0.1) is 5.92 Å². The van der Waals surface area contributed by atoms with Gasteiger partial charge in [0.15, 0.2) is 0 Å². The number of hydrogen-bond donors (Lipinski definition) is 1. The Labute approximate surface area is 115 Å². The third-order valence-electron chi connectivity index (χ3n) is 3.14. The van der Waals surface area contributed by atoms with Gasteiger partial charge in [0.25, 0.3) is 0 Å². The summed E-state index contributed by atoms with van der Waals surface area (Å²) in [6, 6.07) is 8.81. The Morgan fingerprint density at radius 3 is 2.84 bits per heavy atom. The Morgan fingerprint density at radius 1 is 1.26 bits per heavy atom. The first-order chi connectivity index (χ1) is 9.20. The summed E-state index contributed by atoms with van der Waals surface area (Å²) >= 11 is 0. The number of ether oxygens (including phenoxy) is 1. The molecular weight excluding hydrogens is 236 g/mol. The molecule has 0 fully saturated rings. The van der Waals surface area contributed by atoms with E-state index in [0.717, 1.165) is 26.3 Å². The number of benzene rings is 1. The van der Waals surface area contributed by atoms with Crippen LogP contribution in [0.4, 0.5) is 0 Å². The molecule has 104 valence electrons. The number of rotatable bonds is 7. The van der Waals surface area contributed by atoms with E-state index >= 15 is 0 Å². The van der Waals surface area contributed by atoms with Crippen molar-refractivity contribution < 1.29 is 4.74 Å². The lowest BCUT2D eigenvalue weighted by molar-refractivity contribution is 0.104. The lowest BCUT2D eigenvalue weighted by atomic mass is 10.1. The summed E-state index contributed by atoms with van der Waals surface area (Å²) in [6.45, 7) is 7.80. The molecule has 19 heavy (non-hydrogen) atoms. The van der Waals surface area contributed by atoms with Gasteiger partial charge in [0.1, 0.15) is 0 Å². The molecule has 2 rings (SSSR count). The second kappa shape index (κ2) is 6.73. The van der Waals surface area contributed by atoms with Crippen molar-refractivity contribution in [3.63, 3.8) is 0 Å². The molecular formula is C16H24N2O. The van der Waals surface area contributed by atoms with Crippen LogP contribution in [0.25, 0.3) is 10.9 Å². The van der Waals surface area contributed by atoms with Crippen LogP contribution >= 0.6 is 0 Å². The van der Waals surface area contributed by atoms with Gasteiger partial charge in [-0.05, 0) is 42.1 Å². The SMILES string of the molecule is CNCc1ccc2c(ccn2CCOCC(C)C)c1. The van der Waals surface area contributed by atoms with Gasteiger partial charge in [-0.15, -0.1) is 0 Å². The lowest BCUT2D eigenvalue weighted by Crippen LogP contribution is -2.09. The first-order valence-corrected chi connectivity index (χ1v) is 7.01. The monoisotopic (exact) mass is 260 g/mol. The van der Waals surface area contributed by atoms with Gasteiger partial charge in [-0.3, -0.25) is 0 Å². The van der Waals surface area contributed by atoms with Gasteiger partial charge in [0.05, 0.1) is 6.61 Å². The molecule has 0 radical (unpaired) electrons. The summed E-state index contributed by atoms with van der Waals surface area (Å²) in [5, 5.41) is 4.48. The molecule has 0 saturated carbocycles. The average molecular weight is 260 g/mol. The highest BCUT2D eigenvalue weighted by Crippen LogP contribution is 2.17. The van der Waals surface area contributed by atoms with Gasteiger partial charge in [0, 0.05) is 31.4 Å². The van der Waals surface area contributed by atoms with Crippen molar-refractivity contribution in [3.8, 4) is 0 Å². The minimum absolute atomic E-state index is 0.602. The molecule has 0 spiro atoms. The molecule has 3 nitrogen and oxygen atoms in total. The molecule has 1 heterocycles. The highest BCUT2D eigenvalue weighted by Gasteiger charge is 2.02. The van der Waals surface area contributed by atoms with E-state index in [2.05, 4.69) is 54.2 Å². The van der Waals surface area contributed by atoms with Crippen molar-refractivity contribution in [3.05, 3.63) is 36.0 Å². The zero-order chi connectivity index (χ0) is 13.7. The van der Waals surface area contributed by atoms with E-state index in [1.807, 2.05) is 7.05 Å². The topological polar surface area (TPSA) is 26.2 Å². The van der Waals surface area contributed by atoms with Crippen LogP contribution in [0.5, 0.6) is 0 Å². The van der Waals surface area contributed by atoms with E-state index in [4.69, 9.17) is 4.74 Å². The zero-order valence-corrected chi connectivity index (χ0v) is 12.1. The Morgan fingerprint density at radius 2 is 2.11 bits per heavy atom. The molecule has 0 aliphatic rings. The lowest BCUT2D eigenvalue weighted by Gasteiger charge is -2.09. The van der Waals surface area contributed by atoms with Gasteiger partial charge in [-0.25, -0.2) is 0 Å². The minimum Gasteiger partial charge on any atom is -0.379 e. The van der Waals surface area contributed by atoms with Crippen LogP contribution in [0.3, 0.4) is 0 Å². The fourth-order valence-electron chi connectivity index (χ4n) is 2.24. The highest BCUT2D eigenvalue weighted by molar-refractivity contribution is 5.80. The van der Waals surface area contributed by atoms with Crippen molar-refractivity contribution >= 4 is 10.9 Å². The molecule has 1 aromatic carbocycles. The number of nitrogens with zero attached hydrogens (tertiary/aromatic N) is 1. The third-order valence-corrected chi connectivity index (χ3v) is 3.14. The van der Waals surface area contributed by atoms with Gasteiger partial charge < -0.3 is 14.6 Å². The van der Waals surface area contributed by atoms with E-state index in [-0.39, 0.29) is 0 Å². The predicted octanol–water partition coefficient (Wildman–Crippen LogP) is 3.03. The maximum atomic E-state index is 5.65. The number of hydrogen-bond acceptors (Lipinski definition) is 2. The molecule has 0 aliphatic heterocycles. The Balaban J connectivity index is 2.00. The zero-order valence-electron chi connectivity index (χ0n) is 12.1. The van der Waals surface area contributed by atoms with E-state index in [1.54, 1.807) is 0 Å². The van der Waals surface area contributed by atoms with Crippen molar-refractivity contribution in [1.29, 1.82) is 0 Å². The number of aromatic nitrogens is 1. The highest BCUT2D eigenvalue weighted by atomic mass is 16.5. The van der Waals surface area contributed by atoms with Crippen LogP contribution in [-0.4, -0.2) is 24.8 Å². The van der Waals surface area contributed by atoms with Crippen LogP contribution in [0.2, 0.25) is 0 Å². The molecule has 0 amide bonds. The Kier molecular flexibility index (Phi) is 5.00. The molecule has 0 atom stereocenters. The molecule has 1 aromatic heterocycles. The maximum Gasteiger partial charge on any atom is 0.0645 e. The van der Waals surface area contributed by atoms with Crippen LogP contribution in [0.1, 0.15) is 19.4 Å². The van der Waals surface area contributed by atoms with Crippen molar-refractivity contribution in [2.24, 2.45) is 5.92 Å². The quantitative estimate of drug-likeness (QED) is 0.774. The summed E-state index contributed by atoms with van der Waals surface area (Å²) in [5.74, 6) is 0.602. The van der Waals surface area contributed by atoms with E-state index in [1.165, 1.54) is 16.5 Å². The van der Waals surface area contributed by atoms with Crippen LogP contribution in [0.15, 0.2) is 30.5 Å². The summed E-state index contributed by atoms with van der Waals surface area (Å²) in [4.78, 5) is 0. The predicted molar refractivity (Wildman–Crippen MR) is 80.4 cm³/mol. The fraction of sp³-hybridized carbons (Fsp3) is 0.500. The summed E-state index contributed by atoms with van der Waals surface area (Å²) in [6.07, 6.45) is 2.15. The molecule has 0 saturated heterocycles. The van der Waals surface area contributed by atoms with E-state index in [0.29, 0.717) is 5.92 Å². The Bertz CT molecular complexity index is 516. The van der Waals surface area contributed by atoms with Crippen LogP contribution in [-0.2, 0) is 17.8 Å². The molecule has 0 unspecified atom stereocenters. The second-order valence-corrected chi connectivity index (χ2v) is 5.40. The fourth-order valence-corrected chi connectivity index (χ4v) is 2.24. The maximum absolute atomic E-state index is 5.65. The van der Waals surface area contributed by atoms with Gasteiger partial charge in [-0.2, -0.15) is 0 Å². The largest absolute Gasteiger partial charge is 0.379 e. The number of nitrogens with one attached hydrogen (secondary N) is 1. The van der Waals surface area contributed by atoms with Crippen molar-refractivity contribution in [1.82, 2.24) is 9.88 Å². The number of fused-ring (bicyclic) bond motifs is 1. The smallest absolute Gasteiger partial charge is 0.0645 e. The van der Waals surface area contributed by atoms with Crippen molar-refractivity contribution in [2.75, 3.05) is 20.3 Å². The molecule has 2 aromatic rings. The summed E-state index contributed by atoms with van der Waals surface area (Å²) < 4.78 is 7.91. The van der Waals surface area contributed by atoms with Crippen LogP contribution < -0.4 is 5.32 Å². The third kappa shape index (κ3) is 3.82. The normalized spacial score (nSPS) is 11.6. The molecule has 3 heteroatoms. The first kappa shape index (κ1) is 14.1. The first-order valence-electron chi connectivity index (χ1n) is 7.01. The molecule has 1 N–H and O–H groups in total. The molecule has 0 aliphatic carbocycles. The van der Waals surface area contributed by atoms with E-state index in [9.17, 15) is 0 Å². The standard InChI is InChI=1S/C16H24N2O/c1-13(2)12-19-9-8-18-7-6-15-10-14(11-17-3)4-5-16(15)18/h4-7,10,13,17H,8-9,11-12H2,1-3H3. The van der Waals surface area contributed by atoms with E-state index < -0.39 is 0 Å².